The molecule has 4 heteroatoms. The van der Waals surface area contributed by atoms with Crippen molar-refractivity contribution in [3.63, 3.8) is 0 Å². The van der Waals surface area contributed by atoms with E-state index in [2.05, 4.69) is 10.9 Å². The van der Waals surface area contributed by atoms with Gasteiger partial charge in [-0.2, -0.15) is 0 Å². The Morgan fingerprint density at radius 1 is 1.27 bits per heavy atom. The largest absolute Gasteiger partial charge is 0.396 e. The van der Waals surface area contributed by atoms with Crippen LogP contribution in [0.25, 0.3) is 0 Å². The quantitative estimate of drug-likeness (QED) is 0.599. The molecule has 1 aromatic rings. The molecule has 0 saturated heterocycles. The van der Waals surface area contributed by atoms with Crippen LogP contribution in [0.3, 0.4) is 0 Å². The van der Waals surface area contributed by atoms with Crippen molar-refractivity contribution in [2.24, 2.45) is 0 Å². The fourth-order valence-corrected chi connectivity index (χ4v) is 1.14. The fourth-order valence-electron chi connectivity index (χ4n) is 1.14. The second-order valence-corrected chi connectivity index (χ2v) is 3.21. The lowest BCUT2D eigenvalue weighted by atomic mass is 10.2. The van der Waals surface area contributed by atoms with Gasteiger partial charge in [0.1, 0.15) is 0 Å². The number of aliphatic hydroxyl groups excluding tert-OH is 1. The Kier molecular flexibility index (Phi) is 5.43. The highest BCUT2D eigenvalue weighted by atomic mass is 16.3. The van der Waals surface area contributed by atoms with Gasteiger partial charge in [-0.05, 0) is 12.0 Å². The maximum Gasteiger partial charge on any atom is 0.234 e. The number of hydrazine groups is 1. The highest BCUT2D eigenvalue weighted by Crippen LogP contribution is 1.96. The van der Waals surface area contributed by atoms with Gasteiger partial charge in [-0.1, -0.05) is 30.3 Å². The molecule has 0 aromatic heterocycles. The Labute approximate surface area is 89.3 Å². The third kappa shape index (κ3) is 5.15. The van der Waals surface area contributed by atoms with Gasteiger partial charge in [0.25, 0.3) is 0 Å². The molecule has 0 atom stereocenters. The first-order valence-electron chi connectivity index (χ1n) is 4.99. The SMILES string of the molecule is O=C(CCCO)NNCc1ccccc1. The second-order valence-electron chi connectivity index (χ2n) is 3.21. The zero-order valence-electron chi connectivity index (χ0n) is 8.57. The summed E-state index contributed by atoms with van der Waals surface area (Å²) in [5, 5.41) is 8.52. The summed E-state index contributed by atoms with van der Waals surface area (Å²) in [6.45, 7) is 0.651. The molecule has 0 saturated carbocycles. The number of hydrogen-bond acceptors (Lipinski definition) is 3. The van der Waals surface area contributed by atoms with Crippen LogP contribution in [0.15, 0.2) is 30.3 Å². The number of rotatable bonds is 6. The molecule has 0 spiro atoms. The summed E-state index contributed by atoms with van der Waals surface area (Å²) >= 11 is 0. The predicted molar refractivity (Wildman–Crippen MR) is 57.7 cm³/mol. The minimum absolute atomic E-state index is 0.0477. The molecule has 1 amide bonds. The minimum atomic E-state index is -0.0972. The number of hydrogen-bond donors (Lipinski definition) is 3. The molecule has 82 valence electrons. The molecule has 0 heterocycles. The van der Waals surface area contributed by atoms with Crippen LogP contribution in [0.5, 0.6) is 0 Å². The van der Waals surface area contributed by atoms with E-state index in [1.54, 1.807) is 0 Å². The highest BCUT2D eigenvalue weighted by molar-refractivity contribution is 5.75. The minimum Gasteiger partial charge on any atom is -0.396 e. The van der Waals surface area contributed by atoms with Crippen LogP contribution in [0.2, 0.25) is 0 Å². The van der Waals surface area contributed by atoms with Crippen LogP contribution in [-0.2, 0) is 11.3 Å². The van der Waals surface area contributed by atoms with E-state index < -0.39 is 0 Å². The van der Waals surface area contributed by atoms with E-state index >= 15 is 0 Å². The standard InChI is InChI=1S/C11H16N2O2/c14-8-4-7-11(15)13-12-9-10-5-2-1-3-6-10/h1-3,5-6,12,14H,4,7-9H2,(H,13,15). The molecule has 0 fully saturated rings. The summed E-state index contributed by atoms with van der Waals surface area (Å²) < 4.78 is 0. The smallest absolute Gasteiger partial charge is 0.234 e. The number of benzene rings is 1. The molecule has 3 N–H and O–H groups in total. The van der Waals surface area contributed by atoms with Gasteiger partial charge in [0.05, 0.1) is 0 Å². The summed E-state index contributed by atoms with van der Waals surface area (Å²) in [4.78, 5) is 11.1. The first-order chi connectivity index (χ1) is 7.33. The number of aliphatic hydroxyl groups is 1. The molecule has 0 unspecified atom stereocenters. The van der Waals surface area contributed by atoms with Gasteiger partial charge in [0, 0.05) is 19.6 Å². The third-order valence-electron chi connectivity index (χ3n) is 1.93. The molecule has 0 aliphatic rings. The average molecular weight is 208 g/mol. The van der Waals surface area contributed by atoms with E-state index in [0.717, 1.165) is 5.56 Å². The van der Waals surface area contributed by atoms with Crippen LogP contribution >= 0.6 is 0 Å². The van der Waals surface area contributed by atoms with E-state index in [9.17, 15) is 4.79 Å². The van der Waals surface area contributed by atoms with Crippen LogP contribution in [0.1, 0.15) is 18.4 Å². The first-order valence-corrected chi connectivity index (χ1v) is 4.99. The third-order valence-corrected chi connectivity index (χ3v) is 1.93. The van der Waals surface area contributed by atoms with Gasteiger partial charge in [-0.15, -0.1) is 0 Å². The molecule has 0 radical (unpaired) electrons. The van der Waals surface area contributed by atoms with E-state index in [1.165, 1.54) is 0 Å². The van der Waals surface area contributed by atoms with Crippen molar-refractivity contribution >= 4 is 5.91 Å². The normalized spacial score (nSPS) is 9.93. The Hall–Kier alpha value is -1.39. The van der Waals surface area contributed by atoms with Crippen molar-refractivity contribution in [3.05, 3.63) is 35.9 Å². The van der Waals surface area contributed by atoms with Gasteiger partial charge in [0.2, 0.25) is 5.91 Å². The first kappa shape index (κ1) is 11.7. The molecule has 0 bridgehead atoms. The molecule has 1 aromatic carbocycles. The number of nitrogens with one attached hydrogen (secondary N) is 2. The zero-order chi connectivity index (χ0) is 10.9. The molecule has 15 heavy (non-hydrogen) atoms. The second kappa shape index (κ2) is 6.98. The Bertz CT molecular complexity index is 288. The van der Waals surface area contributed by atoms with Gasteiger partial charge in [0.15, 0.2) is 0 Å². The molecule has 1 rings (SSSR count). The van der Waals surface area contributed by atoms with Crippen LogP contribution in [-0.4, -0.2) is 17.6 Å². The predicted octanol–water partition coefficient (Wildman–Crippen LogP) is 0.580. The Morgan fingerprint density at radius 3 is 2.67 bits per heavy atom. The number of carbonyl (C=O) groups is 1. The van der Waals surface area contributed by atoms with Gasteiger partial charge in [-0.25, -0.2) is 5.43 Å². The summed E-state index contributed by atoms with van der Waals surface area (Å²) in [6, 6.07) is 9.80. The van der Waals surface area contributed by atoms with E-state index in [4.69, 9.17) is 5.11 Å². The van der Waals surface area contributed by atoms with Crippen LogP contribution < -0.4 is 10.9 Å². The van der Waals surface area contributed by atoms with Crippen molar-refractivity contribution in [3.8, 4) is 0 Å². The summed E-state index contributed by atoms with van der Waals surface area (Å²) in [5.41, 5.74) is 6.51. The lowest BCUT2D eigenvalue weighted by Gasteiger charge is -2.06. The summed E-state index contributed by atoms with van der Waals surface area (Å²) in [6.07, 6.45) is 0.844. The molecular formula is C11H16N2O2. The van der Waals surface area contributed by atoms with Crippen molar-refractivity contribution in [1.82, 2.24) is 10.9 Å². The van der Waals surface area contributed by atoms with Gasteiger partial charge in [-0.3, -0.25) is 10.2 Å². The van der Waals surface area contributed by atoms with Gasteiger partial charge >= 0.3 is 0 Å². The Morgan fingerprint density at radius 2 is 2.00 bits per heavy atom. The molecular weight excluding hydrogens is 192 g/mol. The van der Waals surface area contributed by atoms with Crippen LogP contribution in [0.4, 0.5) is 0 Å². The van der Waals surface area contributed by atoms with Crippen molar-refractivity contribution < 1.29 is 9.90 Å². The van der Waals surface area contributed by atoms with Crippen molar-refractivity contribution in [1.29, 1.82) is 0 Å². The molecule has 0 aliphatic heterocycles. The topological polar surface area (TPSA) is 61.4 Å². The summed E-state index contributed by atoms with van der Waals surface area (Å²) in [5.74, 6) is -0.0972. The highest BCUT2D eigenvalue weighted by Gasteiger charge is 1.98. The molecule has 0 aliphatic carbocycles. The maximum absolute atomic E-state index is 11.1. The maximum atomic E-state index is 11.1. The van der Waals surface area contributed by atoms with E-state index in [1.807, 2.05) is 30.3 Å². The monoisotopic (exact) mass is 208 g/mol. The number of amides is 1. The number of carbonyl (C=O) groups excluding carboxylic acids is 1. The van der Waals surface area contributed by atoms with Crippen LogP contribution in [0, 0.1) is 0 Å². The lowest BCUT2D eigenvalue weighted by Crippen LogP contribution is -2.36. The summed E-state index contributed by atoms with van der Waals surface area (Å²) in [7, 11) is 0. The Balaban J connectivity index is 2.14. The van der Waals surface area contributed by atoms with Gasteiger partial charge < -0.3 is 5.11 Å². The van der Waals surface area contributed by atoms with E-state index in [-0.39, 0.29) is 12.5 Å². The van der Waals surface area contributed by atoms with Crippen molar-refractivity contribution in [2.75, 3.05) is 6.61 Å². The fraction of sp³-hybridized carbons (Fsp3) is 0.364. The lowest BCUT2D eigenvalue weighted by molar-refractivity contribution is -0.122. The zero-order valence-corrected chi connectivity index (χ0v) is 8.57. The van der Waals surface area contributed by atoms with Crippen molar-refractivity contribution in [2.45, 2.75) is 19.4 Å². The molecule has 4 nitrogen and oxygen atoms in total. The average Bonchev–Trinajstić information content (AvgIpc) is 2.28. The van der Waals surface area contributed by atoms with E-state index in [0.29, 0.717) is 19.4 Å².